The Morgan fingerprint density at radius 1 is 1.07 bits per heavy atom. The van der Waals surface area contributed by atoms with E-state index in [2.05, 4.69) is 86.3 Å². The predicted octanol–water partition coefficient (Wildman–Crippen LogP) is 6.12. The summed E-state index contributed by atoms with van der Waals surface area (Å²) in [5.41, 5.74) is 9.44. The highest BCUT2D eigenvalue weighted by Gasteiger charge is 2.19. The Morgan fingerprint density at radius 2 is 1.86 bits per heavy atom. The van der Waals surface area contributed by atoms with Crippen LogP contribution in [0.1, 0.15) is 61.5 Å². The Morgan fingerprint density at radius 3 is 2.61 bits per heavy atom. The fourth-order valence-corrected chi connectivity index (χ4v) is 3.86. The zero-order chi connectivity index (χ0) is 20.1. The molecule has 0 bridgehead atoms. The van der Waals surface area contributed by atoms with Gasteiger partial charge in [-0.25, -0.2) is 0 Å². The summed E-state index contributed by atoms with van der Waals surface area (Å²) in [6, 6.07) is 17.0. The highest BCUT2D eigenvalue weighted by atomic mass is 16.5. The summed E-state index contributed by atoms with van der Waals surface area (Å²) in [6.45, 7) is 8.03. The first kappa shape index (κ1) is 20.4. The van der Waals surface area contributed by atoms with E-state index in [9.17, 15) is 5.11 Å². The molecule has 4 atom stereocenters. The predicted molar refractivity (Wildman–Crippen MR) is 116 cm³/mol. The van der Waals surface area contributed by atoms with Gasteiger partial charge in [0.05, 0.1) is 18.3 Å². The Kier molecular flexibility index (Phi) is 6.70. The van der Waals surface area contributed by atoms with Crippen molar-refractivity contribution in [2.45, 2.75) is 58.3 Å². The average Bonchev–Trinajstić information content (AvgIpc) is 2.67. The zero-order valence-electron chi connectivity index (χ0n) is 17.2. The lowest BCUT2D eigenvalue weighted by Crippen LogP contribution is -2.18. The molecule has 3 rings (SSSR count). The number of aliphatic hydroxyl groups is 1. The van der Waals surface area contributed by atoms with Crippen LogP contribution in [0.25, 0.3) is 5.57 Å². The van der Waals surface area contributed by atoms with Crippen LogP contribution in [0.15, 0.2) is 72.5 Å². The third kappa shape index (κ3) is 5.11. The minimum Gasteiger partial charge on any atom is -0.393 e. The average molecular weight is 375 g/mol. The largest absolute Gasteiger partial charge is 0.393 e. The van der Waals surface area contributed by atoms with Gasteiger partial charge in [-0.05, 0) is 68.5 Å². The topological polar surface area (TPSA) is 29.5 Å². The first-order chi connectivity index (χ1) is 13.4. The molecule has 1 aliphatic carbocycles. The van der Waals surface area contributed by atoms with Crippen molar-refractivity contribution in [2.75, 3.05) is 0 Å². The Balaban J connectivity index is 1.87. The van der Waals surface area contributed by atoms with Gasteiger partial charge in [0.25, 0.3) is 0 Å². The van der Waals surface area contributed by atoms with E-state index in [-0.39, 0.29) is 24.2 Å². The van der Waals surface area contributed by atoms with Crippen molar-refractivity contribution in [3.63, 3.8) is 0 Å². The molecule has 0 aliphatic heterocycles. The van der Waals surface area contributed by atoms with Gasteiger partial charge in [0, 0.05) is 5.92 Å². The summed E-state index contributed by atoms with van der Waals surface area (Å²) >= 11 is 0. The highest BCUT2D eigenvalue weighted by molar-refractivity contribution is 5.76. The normalized spacial score (nSPS) is 19.2. The van der Waals surface area contributed by atoms with E-state index in [0.717, 1.165) is 0 Å². The Labute approximate surface area is 168 Å². The standard InChI is InChI=1S/C26H30O2/c1-18-9-7-10-22(15-18)23-11-8-12-24(17-23)26-14-6-5-13-25(26)21(4)28-20(3)16-19(2)27/h5-7,9-15,17,19-21,24,27H,16H2,1-4H3/t19?,20?,21-,24?/m0/s1. The van der Waals surface area contributed by atoms with Gasteiger partial charge in [-0.1, -0.05) is 60.2 Å². The molecule has 0 radical (unpaired) electrons. The monoisotopic (exact) mass is 374 g/mol. The molecule has 2 aromatic carbocycles. The summed E-state index contributed by atoms with van der Waals surface area (Å²) in [5, 5.41) is 9.62. The number of hydrogen-bond donors (Lipinski definition) is 1. The van der Waals surface area contributed by atoms with Crippen LogP contribution in [0, 0.1) is 6.92 Å². The number of hydrogen-bond acceptors (Lipinski definition) is 2. The van der Waals surface area contributed by atoms with Gasteiger partial charge in [-0.3, -0.25) is 0 Å². The number of allylic oxidation sites excluding steroid dienone is 3. The summed E-state index contributed by atoms with van der Waals surface area (Å²) in [5.74, 6) is 0.162. The maximum absolute atomic E-state index is 9.62. The first-order valence-electron chi connectivity index (χ1n) is 10.1. The lowest BCUT2D eigenvalue weighted by Gasteiger charge is -2.24. The lowest BCUT2D eigenvalue weighted by atomic mass is 9.87. The molecule has 0 amide bonds. The van der Waals surface area contributed by atoms with Crippen LogP contribution in [-0.4, -0.2) is 17.3 Å². The fraction of sp³-hybridized carbons (Fsp3) is 0.346. The first-order valence-corrected chi connectivity index (χ1v) is 10.1. The molecule has 2 aromatic rings. The Hall–Kier alpha value is -2.38. The summed E-state index contributed by atoms with van der Waals surface area (Å²) in [6.07, 6.45) is 6.71. The number of aliphatic hydroxyl groups excluding tert-OH is 1. The minimum atomic E-state index is -0.358. The minimum absolute atomic E-state index is 0.00301. The molecular formula is C26H30O2. The molecule has 0 heterocycles. The molecule has 2 heteroatoms. The van der Waals surface area contributed by atoms with Gasteiger partial charge in [-0.2, -0.15) is 0 Å². The van der Waals surface area contributed by atoms with Crippen molar-refractivity contribution in [2.24, 2.45) is 0 Å². The SMILES string of the molecule is Cc1cccc(C2=CC(c3ccccc3[C@H](C)OC(C)CC(C)O)C=C=C2)c1. The van der Waals surface area contributed by atoms with Gasteiger partial charge < -0.3 is 9.84 Å². The zero-order valence-corrected chi connectivity index (χ0v) is 17.2. The van der Waals surface area contributed by atoms with Crippen LogP contribution in [0.5, 0.6) is 0 Å². The van der Waals surface area contributed by atoms with Crippen LogP contribution in [0.3, 0.4) is 0 Å². The van der Waals surface area contributed by atoms with Gasteiger partial charge in [0.1, 0.15) is 0 Å². The molecule has 1 N–H and O–H groups in total. The second-order valence-corrected chi connectivity index (χ2v) is 7.80. The number of rotatable bonds is 7. The van der Waals surface area contributed by atoms with Crippen molar-refractivity contribution in [1.82, 2.24) is 0 Å². The van der Waals surface area contributed by atoms with Crippen LogP contribution in [0.4, 0.5) is 0 Å². The van der Waals surface area contributed by atoms with Crippen LogP contribution in [0.2, 0.25) is 0 Å². The van der Waals surface area contributed by atoms with E-state index in [0.29, 0.717) is 6.42 Å². The van der Waals surface area contributed by atoms with E-state index >= 15 is 0 Å². The quantitative estimate of drug-likeness (QED) is 0.591. The van der Waals surface area contributed by atoms with Crippen LogP contribution < -0.4 is 0 Å². The smallest absolute Gasteiger partial charge is 0.0803 e. The molecular weight excluding hydrogens is 344 g/mol. The number of benzene rings is 2. The highest BCUT2D eigenvalue weighted by Crippen LogP contribution is 2.34. The molecule has 3 unspecified atom stereocenters. The van der Waals surface area contributed by atoms with Gasteiger partial charge in [0.15, 0.2) is 0 Å². The molecule has 0 fully saturated rings. The molecule has 146 valence electrons. The van der Waals surface area contributed by atoms with Gasteiger partial charge in [-0.15, -0.1) is 5.73 Å². The molecule has 28 heavy (non-hydrogen) atoms. The van der Waals surface area contributed by atoms with Crippen LogP contribution >= 0.6 is 0 Å². The van der Waals surface area contributed by atoms with E-state index in [1.54, 1.807) is 6.92 Å². The molecule has 0 saturated heterocycles. The maximum Gasteiger partial charge on any atom is 0.0803 e. The summed E-state index contributed by atoms with van der Waals surface area (Å²) < 4.78 is 6.18. The Bertz CT molecular complexity index is 900. The fourth-order valence-electron chi connectivity index (χ4n) is 3.86. The number of ether oxygens (including phenoxy) is 1. The molecule has 0 saturated carbocycles. The van der Waals surface area contributed by atoms with E-state index in [1.807, 2.05) is 6.92 Å². The number of aryl methyl sites for hydroxylation is 1. The van der Waals surface area contributed by atoms with Crippen molar-refractivity contribution in [3.05, 3.63) is 94.7 Å². The third-order valence-corrected chi connectivity index (χ3v) is 5.13. The van der Waals surface area contributed by atoms with Crippen molar-refractivity contribution in [1.29, 1.82) is 0 Å². The summed E-state index contributed by atoms with van der Waals surface area (Å²) in [4.78, 5) is 0. The lowest BCUT2D eigenvalue weighted by molar-refractivity contribution is -0.0170. The molecule has 0 aromatic heterocycles. The van der Waals surface area contributed by atoms with Crippen molar-refractivity contribution < 1.29 is 9.84 Å². The second kappa shape index (κ2) is 9.21. The second-order valence-electron chi connectivity index (χ2n) is 7.80. The van der Waals surface area contributed by atoms with E-state index < -0.39 is 0 Å². The van der Waals surface area contributed by atoms with E-state index in [4.69, 9.17) is 4.74 Å². The maximum atomic E-state index is 9.62. The van der Waals surface area contributed by atoms with Gasteiger partial charge in [0.2, 0.25) is 0 Å². The molecule has 1 aliphatic rings. The van der Waals surface area contributed by atoms with E-state index in [1.165, 1.54) is 27.8 Å². The third-order valence-electron chi connectivity index (χ3n) is 5.13. The van der Waals surface area contributed by atoms with Crippen LogP contribution in [-0.2, 0) is 4.74 Å². The molecule has 0 spiro atoms. The summed E-state index contributed by atoms with van der Waals surface area (Å²) in [7, 11) is 0. The van der Waals surface area contributed by atoms with Gasteiger partial charge >= 0.3 is 0 Å². The molecule has 2 nitrogen and oxygen atoms in total. The van der Waals surface area contributed by atoms with Crippen molar-refractivity contribution in [3.8, 4) is 0 Å². The van der Waals surface area contributed by atoms with Crippen molar-refractivity contribution >= 4 is 5.57 Å².